The Bertz CT molecular complexity index is 1160. The number of aromatic nitrogens is 2. The molecular formula is C22H21N3OS. The summed E-state index contributed by atoms with van der Waals surface area (Å²) in [4.78, 5) is 23.6. The minimum absolute atomic E-state index is 0.0714. The Kier molecular flexibility index (Phi) is 4.64. The highest BCUT2D eigenvalue weighted by molar-refractivity contribution is 7.22. The van der Waals surface area contributed by atoms with E-state index >= 15 is 0 Å². The molecule has 0 saturated heterocycles. The highest BCUT2D eigenvalue weighted by Crippen LogP contribution is 2.42. The lowest BCUT2D eigenvalue weighted by Gasteiger charge is -2.09. The maximum Gasteiger partial charge on any atom is 0.268 e. The first-order valence-corrected chi connectivity index (χ1v) is 9.67. The van der Waals surface area contributed by atoms with E-state index in [1.807, 2.05) is 37.2 Å². The summed E-state index contributed by atoms with van der Waals surface area (Å²) < 4.78 is 0.674. The predicted octanol–water partition coefficient (Wildman–Crippen LogP) is 4.69. The molecule has 136 valence electrons. The van der Waals surface area contributed by atoms with Crippen LogP contribution in [0.15, 0.2) is 59.4 Å². The lowest BCUT2D eigenvalue weighted by atomic mass is 10.00. The summed E-state index contributed by atoms with van der Waals surface area (Å²) >= 11 is 1.51. The fourth-order valence-corrected chi connectivity index (χ4v) is 4.43. The van der Waals surface area contributed by atoms with Gasteiger partial charge in [-0.2, -0.15) is 0 Å². The molecule has 27 heavy (non-hydrogen) atoms. The van der Waals surface area contributed by atoms with Gasteiger partial charge in [0.15, 0.2) is 0 Å². The molecule has 4 rings (SSSR count). The zero-order chi connectivity index (χ0) is 19.0. The van der Waals surface area contributed by atoms with Gasteiger partial charge in [0, 0.05) is 10.4 Å². The molecule has 5 heteroatoms. The first kappa shape index (κ1) is 17.6. The van der Waals surface area contributed by atoms with Gasteiger partial charge in [-0.15, -0.1) is 11.3 Å². The van der Waals surface area contributed by atoms with Gasteiger partial charge in [0.25, 0.3) is 5.56 Å². The molecule has 0 spiro atoms. The van der Waals surface area contributed by atoms with E-state index < -0.39 is 0 Å². The van der Waals surface area contributed by atoms with Gasteiger partial charge in [-0.3, -0.25) is 4.79 Å². The Balaban J connectivity index is 2.06. The Morgan fingerprint density at radius 2 is 1.78 bits per heavy atom. The maximum absolute atomic E-state index is 12.8. The fraction of sp³-hybridized carbons (Fsp3) is 0.182. The van der Waals surface area contributed by atoms with Crippen molar-refractivity contribution in [1.82, 2.24) is 14.9 Å². The Morgan fingerprint density at radius 1 is 1.04 bits per heavy atom. The van der Waals surface area contributed by atoms with E-state index in [4.69, 9.17) is 4.98 Å². The number of H-pyrrole nitrogens is 1. The second-order valence-corrected chi connectivity index (χ2v) is 7.99. The third-order valence-electron chi connectivity index (χ3n) is 4.40. The van der Waals surface area contributed by atoms with Crippen LogP contribution in [0.1, 0.15) is 11.4 Å². The molecule has 2 aromatic carbocycles. The Morgan fingerprint density at radius 3 is 2.48 bits per heavy atom. The fourth-order valence-electron chi connectivity index (χ4n) is 3.27. The number of hydrogen-bond donors (Lipinski definition) is 1. The van der Waals surface area contributed by atoms with Crippen LogP contribution in [-0.2, 0) is 6.54 Å². The largest absolute Gasteiger partial charge is 0.308 e. The van der Waals surface area contributed by atoms with Crippen LogP contribution in [0.2, 0.25) is 0 Å². The lowest BCUT2D eigenvalue weighted by molar-refractivity contribution is 0.390. The van der Waals surface area contributed by atoms with Gasteiger partial charge in [0.2, 0.25) is 0 Å². The van der Waals surface area contributed by atoms with Crippen LogP contribution in [0.4, 0.5) is 0 Å². The van der Waals surface area contributed by atoms with Gasteiger partial charge >= 0.3 is 0 Å². The smallest absolute Gasteiger partial charge is 0.268 e. The molecule has 0 aliphatic rings. The molecule has 1 N–H and O–H groups in total. The molecule has 4 aromatic rings. The summed E-state index contributed by atoms with van der Waals surface area (Å²) in [5.74, 6) is 0.684. The summed E-state index contributed by atoms with van der Waals surface area (Å²) in [5, 5.41) is 0. The number of hydrogen-bond acceptors (Lipinski definition) is 4. The average molecular weight is 375 g/mol. The summed E-state index contributed by atoms with van der Waals surface area (Å²) in [6.45, 7) is 2.67. The summed E-state index contributed by atoms with van der Waals surface area (Å²) in [6.07, 6.45) is 0. The van der Waals surface area contributed by atoms with Crippen molar-refractivity contribution in [3.63, 3.8) is 0 Å². The quantitative estimate of drug-likeness (QED) is 0.563. The van der Waals surface area contributed by atoms with E-state index in [0.29, 0.717) is 17.1 Å². The van der Waals surface area contributed by atoms with E-state index in [0.717, 1.165) is 27.1 Å². The number of fused-ring (bicyclic) bond motifs is 1. The molecule has 0 amide bonds. The predicted molar refractivity (Wildman–Crippen MR) is 113 cm³/mol. The topological polar surface area (TPSA) is 49.0 Å². The van der Waals surface area contributed by atoms with Gasteiger partial charge in [0.1, 0.15) is 10.5 Å². The van der Waals surface area contributed by atoms with Crippen LogP contribution in [0.25, 0.3) is 31.8 Å². The highest BCUT2D eigenvalue weighted by Gasteiger charge is 2.20. The minimum atomic E-state index is -0.0714. The van der Waals surface area contributed by atoms with Crippen LogP contribution < -0.4 is 5.56 Å². The van der Waals surface area contributed by atoms with Crippen molar-refractivity contribution in [2.75, 3.05) is 14.1 Å². The third-order valence-corrected chi connectivity index (χ3v) is 5.63. The van der Waals surface area contributed by atoms with Crippen LogP contribution in [-0.4, -0.2) is 29.0 Å². The maximum atomic E-state index is 12.8. The molecule has 0 aliphatic carbocycles. The van der Waals surface area contributed by atoms with Crippen molar-refractivity contribution < 1.29 is 0 Å². The first-order valence-electron chi connectivity index (χ1n) is 8.86. The summed E-state index contributed by atoms with van der Waals surface area (Å²) in [7, 11) is 3.93. The molecule has 0 saturated carbocycles. The molecule has 2 aromatic heterocycles. The van der Waals surface area contributed by atoms with Crippen molar-refractivity contribution in [2.24, 2.45) is 0 Å². The normalized spacial score (nSPS) is 11.4. The average Bonchev–Trinajstić information content (AvgIpc) is 3.02. The van der Waals surface area contributed by atoms with Crippen molar-refractivity contribution in [3.8, 4) is 21.6 Å². The van der Waals surface area contributed by atoms with Gasteiger partial charge < -0.3 is 9.88 Å². The van der Waals surface area contributed by atoms with E-state index in [1.165, 1.54) is 16.9 Å². The van der Waals surface area contributed by atoms with E-state index in [-0.39, 0.29) is 5.56 Å². The Labute approximate surface area is 162 Å². The van der Waals surface area contributed by atoms with Crippen LogP contribution in [0, 0.1) is 6.92 Å². The number of aryl methyl sites for hydroxylation is 1. The zero-order valence-electron chi connectivity index (χ0n) is 15.6. The van der Waals surface area contributed by atoms with Crippen LogP contribution in [0.3, 0.4) is 0 Å². The van der Waals surface area contributed by atoms with Crippen molar-refractivity contribution >= 4 is 21.6 Å². The molecule has 0 radical (unpaired) electrons. The van der Waals surface area contributed by atoms with Crippen LogP contribution >= 0.6 is 11.3 Å². The van der Waals surface area contributed by atoms with Crippen molar-refractivity contribution in [2.45, 2.75) is 13.5 Å². The second kappa shape index (κ2) is 7.10. The molecule has 2 heterocycles. The van der Waals surface area contributed by atoms with E-state index in [1.54, 1.807) is 0 Å². The SMILES string of the molecule is Cc1cccc(-c2c(-c3ccccc3)sc3c(=O)[nH]c(CN(C)C)nc23)c1. The molecule has 0 atom stereocenters. The first-order chi connectivity index (χ1) is 13.0. The van der Waals surface area contributed by atoms with Crippen molar-refractivity contribution in [1.29, 1.82) is 0 Å². The number of aromatic amines is 1. The molecular weight excluding hydrogens is 354 g/mol. The standard InChI is InChI=1S/C22H21N3OS/c1-14-8-7-11-16(12-14)18-19-21(22(26)24-17(23-19)13-25(2)3)27-20(18)15-9-5-4-6-10-15/h4-12H,13H2,1-3H3,(H,23,24,26). The lowest BCUT2D eigenvalue weighted by Crippen LogP contribution is -2.18. The molecule has 0 bridgehead atoms. The third kappa shape index (κ3) is 3.44. The van der Waals surface area contributed by atoms with Gasteiger partial charge in [0.05, 0.1) is 12.1 Å². The van der Waals surface area contributed by atoms with E-state index in [2.05, 4.69) is 48.3 Å². The second-order valence-electron chi connectivity index (χ2n) is 6.97. The minimum Gasteiger partial charge on any atom is -0.308 e. The number of nitrogens with one attached hydrogen (secondary N) is 1. The van der Waals surface area contributed by atoms with Crippen molar-refractivity contribution in [3.05, 3.63) is 76.3 Å². The summed E-state index contributed by atoms with van der Waals surface area (Å²) in [6, 6.07) is 18.6. The van der Waals surface area contributed by atoms with Gasteiger partial charge in [-0.05, 0) is 32.1 Å². The molecule has 0 aliphatic heterocycles. The van der Waals surface area contributed by atoms with Crippen LogP contribution in [0.5, 0.6) is 0 Å². The zero-order valence-corrected chi connectivity index (χ0v) is 16.4. The van der Waals surface area contributed by atoms with Gasteiger partial charge in [-0.1, -0.05) is 60.2 Å². The number of benzene rings is 2. The number of rotatable bonds is 4. The van der Waals surface area contributed by atoms with E-state index in [9.17, 15) is 4.79 Å². The number of thiophene rings is 1. The molecule has 4 nitrogen and oxygen atoms in total. The summed E-state index contributed by atoms with van der Waals surface area (Å²) in [5.41, 5.74) is 5.13. The molecule has 0 fully saturated rings. The highest BCUT2D eigenvalue weighted by atomic mass is 32.1. The van der Waals surface area contributed by atoms with Gasteiger partial charge in [-0.25, -0.2) is 4.98 Å². The Hall–Kier alpha value is -2.76. The molecule has 0 unspecified atom stereocenters. The number of nitrogens with zero attached hydrogens (tertiary/aromatic N) is 2. The monoisotopic (exact) mass is 375 g/mol.